The third-order valence-electron chi connectivity index (χ3n) is 7.26. The van der Waals surface area contributed by atoms with Gasteiger partial charge in [0.15, 0.2) is 0 Å². The van der Waals surface area contributed by atoms with Gasteiger partial charge in [-0.05, 0) is 60.9 Å². The van der Waals surface area contributed by atoms with Gasteiger partial charge in [0.05, 0.1) is 28.9 Å². The van der Waals surface area contributed by atoms with E-state index < -0.39 is 23.2 Å². The van der Waals surface area contributed by atoms with Crippen LogP contribution in [-0.2, 0) is 18.7 Å². The van der Waals surface area contributed by atoms with Gasteiger partial charge in [-0.1, -0.05) is 25.1 Å². The van der Waals surface area contributed by atoms with Crippen LogP contribution in [0.15, 0.2) is 72.6 Å². The molecule has 0 fully saturated rings. The van der Waals surface area contributed by atoms with E-state index in [0.717, 1.165) is 34.4 Å². The minimum Gasteiger partial charge on any atom is -1.00 e. The van der Waals surface area contributed by atoms with E-state index in [4.69, 9.17) is 10.2 Å². The number of hydrogen-bond acceptors (Lipinski definition) is 6. The first kappa shape index (κ1) is 31.0. The highest BCUT2D eigenvalue weighted by molar-refractivity contribution is 7.10. The van der Waals surface area contributed by atoms with Crippen LogP contribution in [0.1, 0.15) is 45.7 Å². The molecule has 0 saturated carbocycles. The van der Waals surface area contributed by atoms with Crippen molar-refractivity contribution in [3.05, 3.63) is 117 Å². The lowest BCUT2D eigenvalue weighted by Gasteiger charge is -2.32. The van der Waals surface area contributed by atoms with Gasteiger partial charge in [0, 0.05) is 33.6 Å². The van der Waals surface area contributed by atoms with Crippen LogP contribution in [0.5, 0.6) is 5.75 Å². The number of aryl methyl sites for hydroxylation is 2. The fraction of sp³-hybridized carbons (Fsp3) is 0.226. The van der Waals surface area contributed by atoms with E-state index in [1.165, 1.54) is 22.1 Å². The minimum absolute atomic E-state index is 0. The lowest BCUT2D eigenvalue weighted by atomic mass is 9.82. The van der Waals surface area contributed by atoms with Crippen molar-refractivity contribution >= 4 is 11.3 Å². The smallest absolute Gasteiger partial charge is 0.265 e. The molecule has 0 bridgehead atoms. The number of aromatic hydroxyl groups is 1. The number of hydrogen-bond donors (Lipinski definition) is 2. The number of benzene rings is 3. The molecule has 2 atom stereocenters. The zero-order valence-electron chi connectivity index (χ0n) is 23.1. The first-order valence-electron chi connectivity index (χ1n) is 12.9. The second-order valence-corrected chi connectivity index (χ2v) is 11.1. The molecule has 0 aliphatic carbocycles. The molecule has 5 aromatic rings. The van der Waals surface area contributed by atoms with Crippen LogP contribution in [0, 0.1) is 36.8 Å². The fourth-order valence-corrected chi connectivity index (χ4v) is 5.93. The van der Waals surface area contributed by atoms with Gasteiger partial charge >= 0.3 is 0 Å². The van der Waals surface area contributed by atoms with E-state index in [-0.39, 0.29) is 34.8 Å². The van der Waals surface area contributed by atoms with Crippen LogP contribution in [-0.4, -0.2) is 25.0 Å². The Kier molecular flexibility index (Phi) is 9.21. The molecule has 0 unspecified atom stereocenters. The highest BCUT2D eigenvalue weighted by Crippen LogP contribution is 2.41. The molecule has 0 aliphatic heterocycles. The lowest BCUT2D eigenvalue weighted by Crippen LogP contribution is -3.00. The number of thiazole rings is 1. The number of nitrogens with zero attached hydrogens (tertiary/aromatic N) is 5. The van der Waals surface area contributed by atoms with Gasteiger partial charge in [0.25, 0.3) is 6.33 Å². The minimum atomic E-state index is -1.83. The van der Waals surface area contributed by atoms with E-state index in [0.29, 0.717) is 22.8 Å². The largest absolute Gasteiger partial charge is 1.00 e. The Balaban J connectivity index is 0.00000405. The van der Waals surface area contributed by atoms with Crippen LogP contribution < -0.4 is 21.5 Å². The maximum absolute atomic E-state index is 15.2. The predicted octanol–water partition coefficient (Wildman–Crippen LogP) is 2.51. The molecule has 0 radical (unpaired) electrons. The zero-order chi connectivity index (χ0) is 29.3. The monoisotopic (exact) mass is 651 g/mol. The highest BCUT2D eigenvalue weighted by atomic mass is 79.9. The van der Waals surface area contributed by atoms with Gasteiger partial charge in [-0.2, -0.15) is 5.26 Å². The van der Waals surface area contributed by atoms with Crippen molar-refractivity contribution in [1.29, 1.82) is 5.26 Å². The van der Waals surface area contributed by atoms with Crippen molar-refractivity contribution in [2.24, 2.45) is 0 Å². The second-order valence-electron chi connectivity index (χ2n) is 10.2. The normalized spacial score (nSPS) is 13.2. The standard InChI is InChI=1S/C31H27F2N5O2S.BrH/c1-19-10-23(11-20(2)29(19)39)14-37-17-35-38(18-37)16-31(40,26-9-8-25(32)12-27(26)33)21(3)30-36-28(15-41-30)24-6-4-22(13-34)5-7-24;/h4-12,15,17-18,21,40H,14,16H2,1-3H3;1H/t21-,31+;/m0./s1. The van der Waals surface area contributed by atoms with Crippen LogP contribution in [0.3, 0.4) is 0 Å². The number of phenolic OH excluding ortho intramolecular Hbond substituents is 1. The molecule has 42 heavy (non-hydrogen) atoms. The van der Waals surface area contributed by atoms with Crippen LogP contribution in [0.2, 0.25) is 0 Å². The van der Waals surface area contributed by atoms with E-state index in [9.17, 15) is 14.6 Å². The Morgan fingerprint density at radius 3 is 2.43 bits per heavy atom. The Hall–Kier alpha value is -3.98. The van der Waals surface area contributed by atoms with E-state index in [1.54, 1.807) is 43.8 Å². The van der Waals surface area contributed by atoms with Gasteiger partial charge in [-0.3, -0.25) is 0 Å². The summed E-state index contributed by atoms with van der Waals surface area (Å²) in [7, 11) is 0. The highest BCUT2D eigenvalue weighted by Gasteiger charge is 2.43. The molecule has 0 spiro atoms. The summed E-state index contributed by atoms with van der Waals surface area (Å²) < 4.78 is 32.3. The van der Waals surface area contributed by atoms with Crippen molar-refractivity contribution in [3.8, 4) is 23.1 Å². The number of aliphatic hydroxyl groups is 1. The van der Waals surface area contributed by atoms with Crippen LogP contribution >= 0.6 is 11.3 Å². The quantitative estimate of drug-likeness (QED) is 0.251. The average molecular weight is 653 g/mol. The molecule has 2 N–H and O–H groups in total. The zero-order valence-corrected chi connectivity index (χ0v) is 25.5. The number of aromatic nitrogens is 4. The molecule has 0 saturated heterocycles. The summed E-state index contributed by atoms with van der Waals surface area (Å²) in [5, 5.41) is 38.1. The number of halogens is 3. The molecule has 2 aromatic heterocycles. The van der Waals surface area contributed by atoms with E-state index >= 15 is 4.39 Å². The molecular formula is C31H28BrF2N5O2S. The Morgan fingerprint density at radius 2 is 1.79 bits per heavy atom. The number of rotatable bonds is 8. The average Bonchev–Trinajstić information content (AvgIpc) is 3.61. The third kappa shape index (κ3) is 6.26. The summed E-state index contributed by atoms with van der Waals surface area (Å²) in [6, 6.07) is 16.0. The Bertz CT molecular complexity index is 1740. The van der Waals surface area contributed by atoms with Crippen molar-refractivity contribution in [1.82, 2.24) is 14.8 Å². The molecule has 5 rings (SSSR count). The summed E-state index contributed by atoms with van der Waals surface area (Å²) in [4.78, 5) is 4.72. The van der Waals surface area contributed by atoms with Crippen molar-refractivity contribution in [2.45, 2.75) is 45.4 Å². The summed E-state index contributed by atoms with van der Waals surface area (Å²) >= 11 is 1.33. The maximum atomic E-state index is 15.2. The SMILES string of the molecule is Cc1cc(C[n+]2cnn(C[C@](O)(c3ccc(F)cc3F)[C@@H](C)c3nc(-c4ccc(C#N)cc4)cs3)c2)cc(C)c1O.[Br-]. The second kappa shape index (κ2) is 12.5. The summed E-state index contributed by atoms with van der Waals surface area (Å²) in [5.41, 5.74) is 2.63. The van der Waals surface area contributed by atoms with Crippen molar-refractivity contribution in [3.63, 3.8) is 0 Å². The molecule has 216 valence electrons. The summed E-state index contributed by atoms with van der Waals surface area (Å²) in [6.45, 7) is 5.78. The molecule has 2 heterocycles. The fourth-order valence-electron chi connectivity index (χ4n) is 4.96. The van der Waals surface area contributed by atoms with E-state index in [1.807, 2.05) is 35.9 Å². The molecule has 7 nitrogen and oxygen atoms in total. The van der Waals surface area contributed by atoms with Crippen LogP contribution in [0.4, 0.5) is 8.78 Å². The van der Waals surface area contributed by atoms with Gasteiger partial charge in [0.1, 0.15) is 29.5 Å². The van der Waals surface area contributed by atoms with E-state index in [2.05, 4.69) is 11.2 Å². The van der Waals surface area contributed by atoms with Crippen molar-refractivity contribution in [2.75, 3.05) is 0 Å². The topological polar surface area (TPSA) is 98.8 Å². The summed E-state index contributed by atoms with van der Waals surface area (Å²) in [6.07, 6.45) is 3.32. The molecule has 0 amide bonds. The Morgan fingerprint density at radius 1 is 1.10 bits per heavy atom. The number of phenols is 1. The lowest BCUT2D eigenvalue weighted by molar-refractivity contribution is -0.689. The Labute approximate surface area is 256 Å². The molecule has 0 aliphatic rings. The molecular weight excluding hydrogens is 624 g/mol. The number of nitriles is 1. The van der Waals surface area contributed by atoms with Crippen LogP contribution in [0.25, 0.3) is 11.3 Å². The van der Waals surface area contributed by atoms with Gasteiger partial charge in [-0.25, -0.2) is 18.3 Å². The molecule has 11 heteroatoms. The first-order valence-corrected chi connectivity index (χ1v) is 13.8. The predicted molar refractivity (Wildman–Crippen MR) is 150 cm³/mol. The van der Waals surface area contributed by atoms with Gasteiger partial charge in [0.2, 0.25) is 6.33 Å². The molecule has 3 aromatic carbocycles. The van der Waals surface area contributed by atoms with Gasteiger partial charge < -0.3 is 27.2 Å². The van der Waals surface area contributed by atoms with Gasteiger partial charge in [-0.15, -0.1) is 16.0 Å². The summed E-state index contributed by atoms with van der Waals surface area (Å²) in [5.74, 6) is -2.03. The third-order valence-corrected chi connectivity index (χ3v) is 8.29. The van der Waals surface area contributed by atoms with Crippen molar-refractivity contribution < 1.29 is 40.5 Å². The maximum Gasteiger partial charge on any atom is 0.265 e. The first-order chi connectivity index (χ1) is 19.6.